The third-order valence-corrected chi connectivity index (χ3v) is 4.07. The Morgan fingerprint density at radius 2 is 2.12 bits per heavy atom. The van der Waals surface area contributed by atoms with Crippen LogP contribution in [0.3, 0.4) is 0 Å². The van der Waals surface area contributed by atoms with Crippen LogP contribution in [0.4, 0.5) is 5.69 Å². The average Bonchev–Trinajstić information content (AvgIpc) is 2.86. The molecule has 1 aromatic carbocycles. The summed E-state index contributed by atoms with van der Waals surface area (Å²) in [5.74, 6) is -0.667. The van der Waals surface area contributed by atoms with Gasteiger partial charge in [-0.1, -0.05) is 12.1 Å². The molecule has 0 aliphatic heterocycles. The molecule has 0 aliphatic carbocycles. The summed E-state index contributed by atoms with van der Waals surface area (Å²) in [5, 5.41) is 20.0. The fourth-order valence-corrected chi connectivity index (χ4v) is 2.86. The number of anilines is 1. The molecule has 3 rings (SSSR count). The molecule has 0 atom stereocenters. The number of fused-ring (bicyclic) bond motifs is 1. The summed E-state index contributed by atoms with van der Waals surface area (Å²) in [6.07, 6.45) is 1.61. The zero-order valence-corrected chi connectivity index (χ0v) is 13.2. The first-order valence-electron chi connectivity index (χ1n) is 7.14. The summed E-state index contributed by atoms with van der Waals surface area (Å²) in [4.78, 5) is 16.0. The Kier molecular flexibility index (Phi) is 3.38. The first-order chi connectivity index (χ1) is 11.4. The highest BCUT2D eigenvalue weighted by Crippen LogP contribution is 2.40. The number of hydrogen-bond acceptors (Lipinski definition) is 5. The topological polar surface area (TPSA) is 131 Å². The summed E-state index contributed by atoms with van der Waals surface area (Å²) >= 11 is 0. The lowest BCUT2D eigenvalue weighted by molar-refractivity contribution is 0.0997. The molecular formula is C17H15N5O2. The number of nitrogens with zero attached hydrogens (tertiary/aromatic N) is 3. The smallest absolute Gasteiger partial charge is 0.269 e. The molecule has 2 aromatic heterocycles. The van der Waals surface area contributed by atoms with Crippen molar-refractivity contribution in [1.82, 2.24) is 9.55 Å². The van der Waals surface area contributed by atoms with Crippen molar-refractivity contribution in [2.24, 2.45) is 12.8 Å². The molecule has 0 saturated carbocycles. The lowest BCUT2D eigenvalue weighted by Crippen LogP contribution is -2.17. The zero-order valence-electron chi connectivity index (χ0n) is 13.2. The number of nitriles is 1. The molecule has 0 aliphatic rings. The van der Waals surface area contributed by atoms with Crippen LogP contribution in [0.25, 0.3) is 22.2 Å². The molecule has 0 fully saturated rings. The summed E-state index contributed by atoms with van der Waals surface area (Å²) in [6, 6.07) is 7.10. The molecule has 2 heterocycles. The van der Waals surface area contributed by atoms with Gasteiger partial charge in [0, 0.05) is 24.2 Å². The number of nitrogens with two attached hydrogens (primary N) is 2. The van der Waals surface area contributed by atoms with Crippen LogP contribution < -0.4 is 11.5 Å². The van der Waals surface area contributed by atoms with E-state index in [1.165, 1.54) is 0 Å². The number of pyridine rings is 1. The highest BCUT2D eigenvalue weighted by Gasteiger charge is 2.23. The van der Waals surface area contributed by atoms with Gasteiger partial charge in [-0.25, -0.2) is 4.98 Å². The minimum absolute atomic E-state index is 0.0640. The third kappa shape index (κ3) is 2.05. The second kappa shape index (κ2) is 5.28. The predicted octanol–water partition coefficient (Wildman–Crippen LogP) is 1.81. The number of carbonyl (C=O) groups is 1. The maximum atomic E-state index is 11.7. The van der Waals surface area contributed by atoms with Gasteiger partial charge in [-0.2, -0.15) is 5.26 Å². The average molecular weight is 321 g/mol. The summed E-state index contributed by atoms with van der Waals surface area (Å²) in [6.45, 7) is 1.73. The number of amides is 1. The van der Waals surface area contributed by atoms with Crippen molar-refractivity contribution < 1.29 is 9.90 Å². The van der Waals surface area contributed by atoms with Crippen LogP contribution in [-0.4, -0.2) is 20.6 Å². The summed E-state index contributed by atoms with van der Waals surface area (Å²) in [5.41, 5.74) is 14.1. The fraction of sp³-hybridized carbons (Fsp3) is 0.118. The van der Waals surface area contributed by atoms with Crippen LogP contribution in [0, 0.1) is 18.3 Å². The van der Waals surface area contributed by atoms with Crippen LogP contribution in [0.5, 0.6) is 5.75 Å². The molecule has 0 radical (unpaired) electrons. The number of carbonyl (C=O) groups excluding carboxylic acids is 1. The molecule has 0 spiro atoms. The molecule has 3 aromatic rings. The van der Waals surface area contributed by atoms with Gasteiger partial charge in [0.1, 0.15) is 17.5 Å². The fourth-order valence-electron chi connectivity index (χ4n) is 2.86. The normalized spacial score (nSPS) is 10.7. The molecule has 7 nitrogen and oxygen atoms in total. The Labute approximate surface area is 137 Å². The maximum Gasteiger partial charge on any atom is 0.269 e. The molecule has 7 heteroatoms. The number of aryl methyl sites for hydroxylation is 1. The minimum Gasteiger partial charge on any atom is -0.508 e. The first kappa shape index (κ1) is 15.4. The Bertz CT molecular complexity index is 1040. The van der Waals surface area contributed by atoms with Crippen LogP contribution in [-0.2, 0) is 7.05 Å². The van der Waals surface area contributed by atoms with Crippen molar-refractivity contribution in [3.05, 3.63) is 41.2 Å². The van der Waals surface area contributed by atoms with Crippen LogP contribution in [0.2, 0.25) is 0 Å². The number of aromatic nitrogens is 2. The van der Waals surface area contributed by atoms with E-state index in [2.05, 4.69) is 11.1 Å². The Hall–Kier alpha value is -3.53. The van der Waals surface area contributed by atoms with Crippen molar-refractivity contribution in [2.45, 2.75) is 6.92 Å². The summed E-state index contributed by atoms with van der Waals surface area (Å²) < 4.78 is 1.64. The SMILES string of the molecule is Cc1c(O)cccc1-c1c(N)c(C(N)=O)nc2c1c(C#N)cn2C. The van der Waals surface area contributed by atoms with Gasteiger partial charge in [0.2, 0.25) is 0 Å². The number of benzene rings is 1. The van der Waals surface area contributed by atoms with E-state index in [0.29, 0.717) is 33.3 Å². The molecule has 0 saturated heterocycles. The molecule has 24 heavy (non-hydrogen) atoms. The number of phenolic OH excluding ortho intramolecular Hbond substituents is 1. The Morgan fingerprint density at radius 3 is 2.75 bits per heavy atom. The van der Waals surface area contributed by atoms with Gasteiger partial charge >= 0.3 is 0 Å². The quantitative estimate of drug-likeness (QED) is 0.662. The molecule has 0 unspecified atom stereocenters. The highest BCUT2D eigenvalue weighted by atomic mass is 16.3. The number of primary amides is 1. The number of nitrogen functional groups attached to an aromatic ring is 1. The molecule has 5 N–H and O–H groups in total. The molecule has 1 amide bonds. The zero-order chi connectivity index (χ0) is 17.6. The standard InChI is InChI=1S/C17H15N5O2/c1-8-10(4-3-5-11(8)23)13-12-9(6-18)7-22(2)17(12)21-15(14(13)19)16(20)24/h3-5,7,23H,19H2,1-2H3,(H2,20,24). The largest absolute Gasteiger partial charge is 0.508 e. The van der Waals surface area contributed by atoms with Gasteiger partial charge in [0.25, 0.3) is 5.91 Å². The lowest BCUT2D eigenvalue weighted by atomic mass is 9.94. The van der Waals surface area contributed by atoms with Crippen molar-refractivity contribution in [2.75, 3.05) is 5.73 Å². The van der Waals surface area contributed by atoms with Gasteiger partial charge in [-0.15, -0.1) is 0 Å². The van der Waals surface area contributed by atoms with Crippen molar-refractivity contribution in [3.63, 3.8) is 0 Å². The number of phenols is 1. The van der Waals surface area contributed by atoms with E-state index in [9.17, 15) is 15.2 Å². The van der Waals surface area contributed by atoms with Gasteiger partial charge < -0.3 is 21.1 Å². The second-order valence-electron chi connectivity index (χ2n) is 5.53. The highest BCUT2D eigenvalue weighted by molar-refractivity contribution is 6.10. The minimum atomic E-state index is -0.756. The number of rotatable bonds is 2. The van der Waals surface area contributed by atoms with E-state index in [4.69, 9.17) is 11.5 Å². The third-order valence-electron chi connectivity index (χ3n) is 4.07. The van der Waals surface area contributed by atoms with Gasteiger partial charge in [-0.05, 0) is 24.1 Å². The lowest BCUT2D eigenvalue weighted by Gasteiger charge is -2.14. The van der Waals surface area contributed by atoms with Crippen LogP contribution >= 0.6 is 0 Å². The first-order valence-corrected chi connectivity index (χ1v) is 7.14. The van der Waals surface area contributed by atoms with Crippen molar-refractivity contribution in [1.29, 1.82) is 5.26 Å². The molecule has 120 valence electrons. The van der Waals surface area contributed by atoms with E-state index in [0.717, 1.165) is 0 Å². The predicted molar refractivity (Wildman–Crippen MR) is 90.2 cm³/mol. The van der Waals surface area contributed by atoms with E-state index in [1.54, 1.807) is 42.9 Å². The van der Waals surface area contributed by atoms with E-state index in [-0.39, 0.29) is 17.1 Å². The summed E-state index contributed by atoms with van der Waals surface area (Å²) in [7, 11) is 1.72. The Balaban J connectivity index is 2.58. The number of aromatic hydroxyl groups is 1. The maximum absolute atomic E-state index is 11.7. The second-order valence-corrected chi connectivity index (χ2v) is 5.53. The van der Waals surface area contributed by atoms with E-state index < -0.39 is 5.91 Å². The van der Waals surface area contributed by atoms with E-state index in [1.807, 2.05) is 0 Å². The van der Waals surface area contributed by atoms with Gasteiger partial charge in [-0.3, -0.25) is 4.79 Å². The van der Waals surface area contributed by atoms with Crippen molar-refractivity contribution in [3.8, 4) is 22.9 Å². The van der Waals surface area contributed by atoms with E-state index >= 15 is 0 Å². The Morgan fingerprint density at radius 1 is 1.42 bits per heavy atom. The van der Waals surface area contributed by atoms with Crippen molar-refractivity contribution >= 4 is 22.6 Å². The van der Waals surface area contributed by atoms with Crippen LogP contribution in [0.1, 0.15) is 21.6 Å². The van der Waals surface area contributed by atoms with Crippen LogP contribution in [0.15, 0.2) is 24.4 Å². The molecular weight excluding hydrogens is 306 g/mol. The van der Waals surface area contributed by atoms with Gasteiger partial charge in [0.05, 0.1) is 11.3 Å². The van der Waals surface area contributed by atoms with Gasteiger partial charge in [0.15, 0.2) is 5.69 Å². The monoisotopic (exact) mass is 321 g/mol. The molecule has 0 bridgehead atoms. The number of hydrogen-bond donors (Lipinski definition) is 3.